The highest BCUT2D eigenvalue weighted by Crippen LogP contribution is 2.20. The Morgan fingerprint density at radius 2 is 2.00 bits per heavy atom. The maximum absolute atomic E-state index is 11.3. The van der Waals surface area contributed by atoms with E-state index in [1.807, 2.05) is 0 Å². The van der Waals surface area contributed by atoms with Crippen molar-refractivity contribution in [2.75, 3.05) is 5.32 Å². The summed E-state index contributed by atoms with van der Waals surface area (Å²) >= 11 is 5.77. The first-order valence-electron chi connectivity index (χ1n) is 5.31. The predicted octanol–water partition coefficient (Wildman–Crippen LogP) is 2.97. The molecule has 1 unspecified atom stereocenters. The van der Waals surface area contributed by atoms with Gasteiger partial charge in [-0.25, -0.2) is 4.79 Å². The Kier molecular flexibility index (Phi) is 3.79. The first-order chi connectivity index (χ1) is 8.66. The van der Waals surface area contributed by atoms with Gasteiger partial charge in [0.25, 0.3) is 0 Å². The second kappa shape index (κ2) is 5.51. The van der Waals surface area contributed by atoms with Crippen LogP contribution in [0.4, 0.5) is 5.69 Å². The number of carboxylic acids is 1. The number of hydrogen-bond acceptors (Lipinski definition) is 3. The molecule has 0 amide bonds. The van der Waals surface area contributed by atoms with E-state index in [4.69, 9.17) is 11.6 Å². The van der Waals surface area contributed by atoms with E-state index in [-0.39, 0.29) is 0 Å². The van der Waals surface area contributed by atoms with Crippen LogP contribution in [0.2, 0.25) is 5.02 Å². The Hall–Kier alpha value is -2.07. The number of hydrogen-bond donors (Lipinski definition) is 2. The molecule has 1 aromatic heterocycles. The van der Waals surface area contributed by atoms with E-state index in [9.17, 15) is 9.90 Å². The average molecular weight is 263 g/mol. The summed E-state index contributed by atoms with van der Waals surface area (Å²) in [6.45, 7) is 0. The van der Waals surface area contributed by atoms with Gasteiger partial charge < -0.3 is 10.4 Å². The lowest BCUT2D eigenvalue weighted by Crippen LogP contribution is -2.20. The van der Waals surface area contributed by atoms with E-state index >= 15 is 0 Å². The number of carboxylic acid groups (broad SMARTS) is 1. The number of rotatable bonds is 4. The second-order valence-electron chi connectivity index (χ2n) is 3.71. The molecule has 2 rings (SSSR count). The highest BCUT2D eigenvalue weighted by atomic mass is 35.5. The molecule has 4 nitrogen and oxygen atoms in total. The smallest absolute Gasteiger partial charge is 0.330 e. The zero-order valence-corrected chi connectivity index (χ0v) is 10.1. The van der Waals surface area contributed by atoms with E-state index in [2.05, 4.69) is 10.3 Å². The molecular formula is C13H11ClN2O2. The van der Waals surface area contributed by atoms with Crippen molar-refractivity contribution < 1.29 is 9.90 Å². The molecule has 0 aliphatic rings. The van der Waals surface area contributed by atoms with Crippen LogP contribution in [0.5, 0.6) is 0 Å². The Balaban J connectivity index is 2.22. The number of anilines is 1. The molecule has 92 valence electrons. The van der Waals surface area contributed by atoms with Gasteiger partial charge in [-0.3, -0.25) is 4.98 Å². The standard InChI is InChI=1S/C13H11ClN2O2/c14-10-3-5-11(6-4-10)16-12(13(17)18)9-2-1-7-15-8-9/h1-8,12,16H,(H,17,18). The molecule has 1 aromatic carbocycles. The number of benzene rings is 1. The van der Waals surface area contributed by atoms with Crippen molar-refractivity contribution in [1.82, 2.24) is 4.98 Å². The maximum Gasteiger partial charge on any atom is 0.330 e. The zero-order chi connectivity index (χ0) is 13.0. The van der Waals surface area contributed by atoms with E-state index in [0.29, 0.717) is 16.3 Å². The van der Waals surface area contributed by atoms with Crippen LogP contribution in [0.15, 0.2) is 48.8 Å². The van der Waals surface area contributed by atoms with Crippen molar-refractivity contribution in [3.05, 3.63) is 59.4 Å². The second-order valence-corrected chi connectivity index (χ2v) is 4.15. The lowest BCUT2D eigenvalue weighted by Gasteiger charge is -2.15. The maximum atomic E-state index is 11.3. The van der Waals surface area contributed by atoms with Crippen molar-refractivity contribution in [1.29, 1.82) is 0 Å². The van der Waals surface area contributed by atoms with Gasteiger partial charge in [0, 0.05) is 28.7 Å². The number of halogens is 1. The lowest BCUT2D eigenvalue weighted by molar-refractivity contribution is -0.138. The fraction of sp³-hybridized carbons (Fsp3) is 0.0769. The van der Waals surface area contributed by atoms with E-state index in [0.717, 1.165) is 0 Å². The quantitative estimate of drug-likeness (QED) is 0.889. The minimum atomic E-state index is -0.960. The normalized spacial score (nSPS) is 11.8. The first kappa shape index (κ1) is 12.4. The summed E-state index contributed by atoms with van der Waals surface area (Å²) in [4.78, 5) is 15.2. The third kappa shape index (κ3) is 2.99. The van der Waals surface area contributed by atoms with Gasteiger partial charge in [-0.05, 0) is 30.3 Å². The number of aliphatic carboxylic acids is 1. The van der Waals surface area contributed by atoms with Crippen LogP contribution in [0.25, 0.3) is 0 Å². The van der Waals surface area contributed by atoms with Gasteiger partial charge in [0.2, 0.25) is 0 Å². The number of pyridine rings is 1. The summed E-state index contributed by atoms with van der Waals surface area (Å²) in [6.07, 6.45) is 3.13. The summed E-state index contributed by atoms with van der Waals surface area (Å²) < 4.78 is 0. The molecular weight excluding hydrogens is 252 g/mol. The van der Waals surface area contributed by atoms with E-state index < -0.39 is 12.0 Å². The molecule has 0 saturated heterocycles. The first-order valence-corrected chi connectivity index (χ1v) is 5.69. The Labute approximate surface area is 109 Å². The number of nitrogens with zero attached hydrogens (tertiary/aromatic N) is 1. The minimum Gasteiger partial charge on any atom is -0.479 e. The van der Waals surface area contributed by atoms with Crippen LogP contribution in [-0.2, 0) is 4.79 Å². The van der Waals surface area contributed by atoms with Crippen LogP contribution in [0, 0.1) is 0 Å². The molecule has 0 aliphatic heterocycles. The van der Waals surface area contributed by atoms with Crippen molar-refractivity contribution >= 4 is 23.3 Å². The summed E-state index contributed by atoms with van der Waals surface area (Å²) in [6, 6.07) is 9.45. The summed E-state index contributed by atoms with van der Waals surface area (Å²) in [5, 5.41) is 12.8. The third-order valence-corrected chi connectivity index (χ3v) is 2.67. The third-order valence-electron chi connectivity index (χ3n) is 2.42. The van der Waals surface area contributed by atoms with Gasteiger partial charge in [0.15, 0.2) is 6.04 Å². The van der Waals surface area contributed by atoms with Crippen LogP contribution >= 0.6 is 11.6 Å². The van der Waals surface area contributed by atoms with Gasteiger partial charge in [-0.1, -0.05) is 17.7 Å². The summed E-state index contributed by atoms with van der Waals surface area (Å²) in [7, 11) is 0. The Morgan fingerprint density at radius 3 is 2.56 bits per heavy atom. The Morgan fingerprint density at radius 1 is 1.28 bits per heavy atom. The molecule has 5 heteroatoms. The molecule has 0 radical (unpaired) electrons. The van der Waals surface area contributed by atoms with E-state index in [1.165, 1.54) is 6.20 Å². The molecule has 0 spiro atoms. The Bertz CT molecular complexity index is 528. The molecule has 2 aromatic rings. The van der Waals surface area contributed by atoms with Crippen molar-refractivity contribution in [2.45, 2.75) is 6.04 Å². The fourth-order valence-corrected chi connectivity index (χ4v) is 1.67. The molecule has 0 saturated carbocycles. The molecule has 1 atom stereocenters. The molecule has 0 fully saturated rings. The minimum absolute atomic E-state index is 0.597. The van der Waals surface area contributed by atoms with Crippen LogP contribution < -0.4 is 5.32 Å². The lowest BCUT2D eigenvalue weighted by atomic mass is 10.1. The van der Waals surface area contributed by atoms with Gasteiger partial charge in [0.05, 0.1) is 0 Å². The van der Waals surface area contributed by atoms with Crippen LogP contribution in [0.1, 0.15) is 11.6 Å². The molecule has 0 bridgehead atoms. The van der Waals surface area contributed by atoms with Crippen molar-refractivity contribution in [3.63, 3.8) is 0 Å². The highest BCUT2D eigenvalue weighted by Gasteiger charge is 2.19. The number of aromatic nitrogens is 1. The zero-order valence-electron chi connectivity index (χ0n) is 9.38. The van der Waals surface area contributed by atoms with Gasteiger partial charge >= 0.3 is 5.97 Å². The predicted molar refractivity (Wildman–Crippen MR) is 69.7 cm³/mol. The number of carbonyl (C=O) groups is 1. The average Bonchev–Trinajstić information content (AvgIpc) is 2.38. The fourth-order valence-electron chi connectivity index (χ4n) is 1.55. The van der Waals surface area contributed by atoms with Gasteiger partial charge in [-0.15, -0.1) is 0 Å². The van der Waals surface area contributed by atoms with Crippen LogP contribution in [0.3, 0.4) is 0 Å². The highest BCUT2D eigenvalue weighted by molar-refractivity contribution is 6.30. The van der Waals surface area contributed by atoms with Crippen molar-refractivity contribution in [2.24, 2.45) is 0 Å². The summed E-state index contributed by atoms with van der Waals surface area (Å²) in [5.41, 5.74) is 1.29. The largest absolute Gasteiger partial charge is 0.479 e. The molecule has 2 N–H and O–H groups in total. The monoisotopic (exact) mass is 262 g/mol. The van der Waals surface area contributed by atoms with Crippen LogP contribution in [-0.4, -0.2) is 16.1 Å². The van der Waals surface area contributed by atoms with Gasteiger partial charge in [-0.2, -0.15) is 0 Å². The molecule has 18 heavy (non-hydrogen) atoms. The van der Waals surface area contributed by atoms with E-state index in [1.54, 1.807) is 42.6 Å². The number of nitrogens with one attached hydrogen (secondary N) is 1. The summed E-state index contributed by atoms with van der Waals surface area (Å²) in [5.74, 6) is -0.960. The topological polar surface area (TPSA) is 62.2 Å². The van der Waals surface area contributed by atoms with Crippen molar-refractivity contribution in [3.8, 4) is 0 Å². The molecule has 1 heterocycles. The molecule has 0 aliphatic carbocycles. The van der Waals surface area contributed by atoms with Gasteiger partial charge in [0.1, 0.15) is 0 Å². The SMILES string of the molecule is O=C(O)C(Nc1ccc(Cl)cc1)c1cccnc1.